The minimum Gasteiger partial charge on any atom is -0.316 e. The van der Waals surface area contributed by atoms with E-state index < -0.39 is 4.92 Å². The van der Waals surface area contributed by atoms with Crippen LogP contribution in [0.4, 0.5) is 0 Å². The Labute approximate surface area is 105 Å². The molecule has 0 aromatic carbocycles. The van der Waals surface area contributed by atoms with Gasteiger partial charge in [0.25, 0.3) is 0 Å². The van der Waals surface area contributed by atoms with Gasteiger partial charge in [0.15, 0.2) is 0 Å². The standard InChI is InChI=1S/C13H13N3O2/c1-10-8-12(5-7-15(17)18)11(2)16(10)13-4-3-6-14-9-13/h3-9H,1-2H3/b7-5+. The van der Waals surface area contributed by atoms with Crippen LogP contribution >= 0.6 is 0 Å². The van der Waals surface area contributed by atoms with Crippen LogP contribution in [-0.4, -0.2) is 14.5 Å². The van der Waals surface area contributed by atoms with Gasteiger partial charge in [-0.25, -0.2) is 0 Å². The maximum absolute atomic E-state index is 10.3. The minimum atomic E-state index is -0.462. The van der Waals surface area contributed by atoms with Crippen LogP contribution in [0.5, 0.6) is 0 Å². The molecule has 0 fully saturated rings. The normalized spacial score (nSPS) is 11.0. The first-order valence-corrected chi connectivity index (χ1v) is 5.50. The van der Waals surface area contributed by atoms with Crippen molar-refractivity contribution >= 4 is 6.08 Å². The highest BCUT2D eigenvalue weighted by Crippen LogP contribution is 2.21. The van der Waals surface area contributed by atoms with Gasteiger partial charge in [0, 0.05) is 29.2 Å². The van der Waals surface area contributed by atoms with E-state index in [-0.39, 0.29) is 0 Å². The monoisotopic (exact) mass is 243 g/mol. The predicted octanol–water partition coefficient (Wildman–Crippen LogP) is 2.74. The van der Waals surface area contributed by atoms with E-state index in [1.807, 2.05) is 36.6 Å². The van der Waals surface area contributed by atoms with Crippen molar-refractivity contribution in [3.8, 4) is 5.69 Å². The lowest BCUT2D eigenvalue weighted by Gasteiger charge is -2.08. The molecule has 0 spiro atoms. The number of aryl methyl sites for hydroxylation is 1. The summed E-state index contributed by atoms with van der Waals surface area (Å²) < 4.78 is 2.02. The third kappa shape index (κ3) is 2.29. The molecule has 0 N–H and O–H groups in total. The highest BCUT2D eigenvalue weighted by molar-refractivity contribution is 5.55. The second-order valence-electron chi connectivity index (χ2n) is 3.97. The van der Waals surface area contributed by atoms with Crippen LogP contribution in [-0.2, 0) is 0 Å². The molecular weight excluding hydrogens is 230 g/mol. The van der Waals surface area contributed by atoms with Gasteiger partial charge in [-0.3, -0.25) is 15.1 Å². The molecule has 0 saturated carbocycles. The van der Waals surface area contributed by atoms with E-state index in [1.54, 1.807) is 12.4 Å². The van der Waals surface area contributed by atoms with E-state index in [4.69, 9.17) is 0 Å². The molecule has 0 aliphatic heterocycles. The molecule has 2 heterocycles. The van der Waals surface area contributed by atoms with Crippen LogP contribution in [0, 0.1) is 24.0 Å². The summed E-state index contributed by atoms with van der Waals surface area (Å²) in [5, 5.41) is 10.3. The summed E-state index contributed by atoms with van der Waals surface area (Å²) in [5.74, 6) is 0. The zero-order chi connectivity index (χ0) is 13.1. The lowest BCUT2D eigenvalue weighted by molar-refractivity contribution is -0.400. The van der Waals surface area contributed by atoms with E-state index in [9.17, 15) is 10.1 Å². The summed E-state index contributed by atoms with van der Waals surface area (Å²) in [6.45, 7) is 3.89. The molecule has 2 aromatic heterocycles. The van der Waals surface area contributed by atoms with Crippen LogP contribution < -0.4 is 0 Å². The summed E-state index contributed by atoms with van der Waals surface area (Å²) >= 11 is 0. The van der Waals surface area contributed by atoms with Gasteiger partial charge in [-0.15, -0.1) is 0 Å². The van der Waals surface area contributed by atoms with E-state index >= 15 is 0 Å². The number of hydrogen-bond acceptors (Lipinski definition) is 3. The Hall–Kier alpha value is -2.43. The molecule has 0 unspecified atom stereocenters. The van der Waals surface area contributed by atoms with Gasteiger partial charge in [-0.05, 0) is 32.0 Å². The third-order valence-corrected chi connectivity index (χ3v) is 2.75. The van der Waals surface area contributed by atoms with Crippen molar-refractivity contribution in [3.05, 3.63) is 63.9 Å². The Morgan fingerprint density at radius 2 is 2.22 bits per heavy atom. The Bertz CT molecular complexity index is 600. The Morgan fingerprint density at radius 1 is 1.44 bits per heavy atom. The lowest BCUT2D eigenvalue weighted by atomic mass is 10.2. The fourth-order valence-electron chi connectivity index (χ4n) is 1.98. The topological polar surface area (TPSA) is 61.0 Å². The van der Waals surface area contributed by atoms with Gasteiger partial charge in [0.1, 0.15) is 0 Å². The molecule has 0 bridgehead atoms. The molecular formula is C13H13N3O2. The first-order chi connectivity index (χ1) is 8.59. The molecule has 0 radical (unpaired) electrons. The summed E-state index contributed by atoms with van der Waals surface area (Å²) in [7, 11) is 0. The van der Waals surface area contributed by atoms with E-state index in [0.717, 1.165) is 28.8 Å². The van der Waals surface area contributed by atoms with E-state index in [2.05, 4.69) is 4.98 Å². The summed E-state index contributed by atoms with van der Waals surface area (Å²) in [6.07, 6.45) is 5.94. The first-order valence-electron chi connectivity index (χ1n) is 5.50. The molecule has 2 aromatic rings. The van der Waals surface area contributed by atoms with Gasteiger partial charge in [-0.2, -0.15) is 0 Å². The molecule has 5 nitrogen and oxygen atoms in total. The Balaban J connectivity index is 2.48. The SMILES string of the molecule is Cc1cc(/C=C/[N+](=O)[O-])c(C)n1-c1cccnc1. The minimum absolute atomic E-state index is 0.462. The predicted molar refractivity (Wildman–Crippen MR) is 69.1 cm³/mol. The van der Waals surface area contributed by atoms with Crippen molar-refractivity contribution in [1.29, 1.82) is 0 Å². The van der Waals surface area contributed by atoms with Gasteiger partial charge >= 0.3 is 0 Å². The van der Waals surface area contributed by atoms with Crippen LogP contribution in [0.15, 0.2) is 36.8 Å². The second-order valence-corrected chi connectivity index (χ2v) is 3.97. The van der Waals surface area contributed by atoms with Crippen molar-refractivity contribution in [2.24, 2.45) is 0 Å². The molecule has 0 atom stereocenters. The Morgan fingerprint density at radius 3 is 2.83 bits per heavy atom. The lowest BCUT2D eigenvalue weighted by Crippen LogP contribution is -1.99. The molecule has 5 heteroatoms. The molecule has 2 rings (SSSR count). The molecule has 0 saturated heterocycles. The molecule has 92 valence electrons. The average Bonchev–Trinajstić information content (AvgIpc) is 2.63. The summed E-state index contributed by atoms with van der Waals surface area (Å²) in [6, 6.07) is 5.73. The van der Waals surface area contributed by atoms with Crippen molar-refractivity contribution in [3.63, 3.8) is 0 Å². The van der Waals surface area contributed by atoms with Gasteiger partial charge in [0.2, 0.25) is 6.20 Å². The highest BCUT2D eigenvalue weighted by Gasteiger charge is 2.09. The zero-order valence-electron chi connectivity index (χ0n) is 10.2. The zero-order valence-corrected chi connectivity index (χ0v) is 10.2. The number of aromatic nitrogens is 2. The highest BCUT2D eigenvalue weighted by atomic mass is 16.6. The van der Waals surface area contributed by atoms with Gasteiger partial charge < -0.3 is 4.57 Å². The van der Waals surface area contributed by atoms with Crippen LogP contribution in [0.1, 0.15) is 17.0 Å². The summed E-state index contributed by atoms with van der Waals surface area (Å²) in [4.78, 5) is 14.0. The molecule has 0 amide bonds. The van der Waals surface area contributed by atoms with Crippen molar-refractivity contribution in [2.75, 3.05) is 0 Å². The first kappa shape index (κ1) is 12.0. The summed E-state index contributed by atoms with van der Waals surface area (Å²) in [5.41, 5.74) is 3.77. The van der Waals surface area contributed by atoms with Crippen molar-refractivity contribution in [1.82, 2.24) is 9.55 Å². The van der Waals surface area contributed by atoms with Crippen LogP contribution in [0.25, 0.3) is 11.8 Å². The maximum Gasteiger partial charge on any atom is 0.235 e. The molecule has 0 aliphatic rings. The fourth-order valence-corrected chi connectivity index (χ4v) is 1.98. The van der Waals surface area contributed by atoms with Gasteiger partial charge in [0.05, 0.1) is 16.8 Å². The number of nitro groups is 1. The molecule has 0 aliphatic carbocycles. The van der Waals surface area contributed by atoms with Crippen molar-refractivity contribution < 1.29 is 4.92 Å². The van der Waals surface area contributed by atoms with Crippen molar-refractivity contribution in [2.45, 2.75) is 13.8 Å². The number of pyridine rings is 1. The van der Waals surface area contributed by atoms with Crippen LogP contribution in [0.3, 0.4) is 0 Å². The third-order valence-electron chi connectivity index (χ3n) is 2.75. The van der Waals surface area contributed by atoms with Gasteiger partial charge in [-0.1, -0.05) is 0 Å². The quantitative estimate of drug-likeness (QED) is 0.615. The molecule has 18 heavy (non-hydrogen) atoms. The van der Waals surface area contributed by atoms with E-state index in [0.29, 0.717) is 0 Å². The largest absolute Gasteiger partial charge is 0.316 e. The number of rotatable bonds is 3. The average molecular weight is 243 g/mol. The number of nitrogens with zero attached hydrogens (tertiary/aromatic N) is 3. The number of hydrogen-bond donors (Lipinski definition) is 0. The Kier molecular flexibility index (Phi) is 3.23. The maximum atomic E-state index is 10.3. The fraction of sp³-hybridized carbons (Fsp3) is 0.154. The smallest absolute Gasteiger partial charge is 0.235 e. The van der Waals surface area contributed by atoms with Crippen LogP contribution in [0.2, 0.25) is 0 Å². The van der Waals surface area contributed by atoms with E-state index in [1.165, 1.54) is 6.08 Å². The second kappa shape index (κ2) is 4.83.